The van der Waals surface area contributed by atoms with E-state index in [9.17, 15) is 4.79 Å². The van der Waals surface area contributed by atoms with Crippen LogP contribution < -0.4 is 11.1 Å². The van der Waals surface area contributed by atoms with Crippen molar-refractivity contribution >= 4 is 12.1 Å². The lowest BCUT2D eigenvalue weighted by Gasteiger charge is -2.00. The van der Waals surface area contributed by atoms with Gasteiger partial charge in [-0.2, -0.15) is 0 Å². The molecule has 0 aromatic heterocycles. The largest absolute Gasteiger partial charge is 0.453 e. The lowest BCUT2D eigenvalue weighted by atomic mass is 10.8. The molecule has 0 radical (unpaired) electrons. The molecule has 0 saturated heterocycles. The van der Waals surface area contributed by atoms with Gasteiger partial charge in [-0.1, -0.05) is 0 Å². The Morgan fingerprint density at radius 3 is 2.80 bits per heavy atom. The number of hydrogen-bond acceptors (Lipinski definition) is 3. The van der Waals surface area contributed by atoms with Crippen LogP contribution in [0, 0.1) is 0 Å². The molecule has 5 nitrogen and oxygen atoms in total. The standard InChI is InChI=1S/C5H11N3O2/c1-3-7-4(6)8-5(9)10-2/h3H2,1-2H3,(H3,6,7,8,9). The fourth-order valence-electron chi connectivity index (χ4n) is 0.365. The first-order valence-electron chi connectivity index (χ1n) is 2.85. The average Bonchev–Trinajstić information content (AvgIpc) is 1.88. The minimum atomic E-state index is -0.602. The van der Waals surface area contributed by atoms with Crippen LogP contribution in [0.15, 0.2) is 4.99 Å². The summed E-state index contributed by atoms with van der Waals surface area (Å²) in [6.45, 7) is 2.35. The molecule has 10 heavy (non-hydrogen) atoms. The summed E-state index contributed by atoms with van der Waals surface area (Å²) in [6, 6.07) is 0. The lowest BCUT2D eigenvalue weighted by Crippen LogP contribution is -2.36. The molecule has 0 spiro atoms. The van der Waals surface area contributed by atoms with Crippen LogP contribution in [0.1, 0.15) is 6.92 Å². The van der Waals surface area contributed by atoms with E-state index in [1.54, 1.807) is 0 Å². The number of nitrogens with zero attached hydrogens (tertiary/aromatic N) is 1. The number of methoxy groups -OCH3 is 1. The summed E-state index contributed by atoms with van der Waals surface area (Å²) < 4.78 is 4.26. The Morgan fingerprint density at radius 1 is 1.80 bits per heavy atom. The fourth-order valence-corrected chi connectivity index (χ4v) is 0.365. The van der Waals surface area contributed by atoms with E-state index >= 15 is 0 Å². The van der Waals surface area contributed by atoms with Gasteiger partial charge in [0.05, 0.1) is 7.11 Å². The van der Waals surface area contributed by atoms with Crippen molar-refractivity contribution in [2.75, 3.05) is 13.7 Å². The Hall–Kier alpha value is -1.26. The lowest BCUT2D eigenvalue weighted by molar-refractivity contribution is 0.176. The van der Waals surface area contributed by atoms with E-state index in [0.29, 0.717) is 6.54 Å². The predicted octanol–water partition coefficient (Wildman–Crippen LogP) is -0.323. The topological polar surface area (TPSA) is 76.7 Å². The first kappa shape index (κ1) is 8.74. The summed E-state index contributed by atoms with van der Waals surface area (Å²) in [6.07, 6.45) is -0.602. The number of rotatable bonds is 1. The molecule has 0 aliphatic carbocycles. The van der Waals surface area contributed by atoms with Crippen molar-refractivity contribution in [2.45, 2.75) is 6.92 Å². The molecule has 58 valence electrons. The summed E-state index contributed by atoms with van der Waals surface area (Å²) in [5.74, 6) is 0.0781. The van der Waals surface area contributed by atoms with Gasteiger partial charge in [-0.3, -0.25) is 10.3 Å². The zero-order valence-corrected chi connectivity index (χ0v) is 6.05. The molecule has 0 fully saturated rings. The van der Waals surface area contributed by atoms with Gasteiger partial charge in [0.2, 0.25) is 0 Å². The minimum Gasteiger partial charge on any atom is -0.453 e. The van der Waals surface area contributed by atoms with Gasteiger partial charge in [-0.05, 0) is 6.92 Å². The highest BCUT2D eigenvalue weighted by molar-refractivity contribution is 5.92. The van der Waals surface area contributed by atoms with E-state index in [2.05, 4.69) is 15.0 Å². The Kier molecular flexibility index (Phi) is 4.02. The molecular formula is C5H11N3O2. The van der Waals surface area contributed by atoms with Crippen molar-refractivity contribution in [3.8, 4) is 0 Å². The van der Waals surface area contributed by atoms with Crippen LogP contribution in [0.4, 0.5) is 4.79 Å². The first-order valence-corrected chi connectivity index (χ1v) is 2.85. The molecule has 0 unspecified atom stereocenters. The fraction of sp³-hybridized carbons (Fsp3) is 0.600. The van der Waals surface area contributed by atoms with E-state index in [0.717, 1.165) is 0 Å². The molecule has 5 heteroatoms. The number of ether oxygens (including phenoxy) is 1. The van der Waals surface area contributed by atoms with E-state index in [-0.39, 0.29) is 5.96 Å². The summed E-state index contributed by atoms with van der Waals surface area (Å²) in [4.78, 5) is 14.1. The van der Waals surface area contributed by atoms with E-state index in [1.807, 2.05) is 6.92 Å². The van der Waals surface area contributed by atoms with Gasteiger partial charge in [0.15, 0.2) is 5.96 Å². The maximum Gasteiger partial charge on any atom is 0.413 e. The van der Waals surface area contributed by atoms with E-state index < -0.39 is 6.09 Å². The van der Waals surface area contributed by atoms with Crippen molar-refractivity contribution < 1.29 is 9.53 Å². The molecule has 0 saturated carbocycles. The molecular weight excluding hydrogens is 134 g/mol. The first-order chi connectivity index (χ1) is 4.70. The van der Waals surface area contributed by atoms with Crippen LogP contribution in [-0.2, 0) is 4.74 Å². The number of guanidine groups is 1. The van der Waals surface area contributed by atoms with Gasteiger partial charge in [0, 0.05) is 6.54 Å². The third kappa shape index (κ3) is 3.71. The third-order valence-corrected chi connectivity index (χ3v) is 0.744. The highest BCUT2D eigenvalue weighted by Crippen LogP contribution is 1.70. The zero-order chi connectivity index (χ0) is 7.98. The second-order valence-electron chi connectivity index (χ2n) is 1.48. The Balaban J connectivity index is 3.67. The number of alkyl carbamates (subject to hydrolysis) is 1. The second kappa shape index (κ2) is 4.60. The molecule has 0 aromatic rings. The van der Waals surface area contributed by atoms with Crippen LogP contribution in [0.2, 0.25) is 0 Å². The summed E-state index contributed by atoms with van der Waals surface area (Å²) in [5, 5.41) is 2.20. The molecule has 0 bridgehead atoms. The van der Waals surface area contributed by atoms with Crippen molar-refractivity contribution in [1.82, 2.24) is 5.32 Å². The molecule has 0 heterocycles. The maximum atomic E-state index is 10.4. The van der Waals surface area contributed by atoms with E-state index in [4.69, 9.17) is 5.73 Å². The molecule has 3 N–H and O–H groups in total. The molecule has 0 aliphatic heterocycles. The van der Waals surface area contributed by atoms with Crippen molar-refractivity contribution in [1.29, 1.82) is 0 Å². The van der Waals surface area contributed by atoms with Crippen LogP contribution in [0.5, 0.6) is 0 Å². The molecule has 0 rings (SSSR count). The van der Waals surface area contributed by atoms with Crippen LogP contribution >= 0.6 is 0 Å². The summed E-state index contributed by atoms with van der Waals surface area (Å²) in [7, 11) is 1.26. The highest BCUT2D eigenvalue weighted by Gasteiger charge is 1.97. The predicted molar refractivity (Wildman–Crippen MR) is 37.7 cm³/mol. The molecule has 0 aromatic carbocycles. The number of aliphatic imine (C=N–C) groups is 1. The molecule has 0 atom stereocenters. The van der Waals surface area contributed by atoms with Crippen molar-refractivity contribution in [2.24, 2.45) is 10.7 Å². The van der Waals surface area contributed by atoms with Crippen molar-refractivity contribution in [3.63, 3.8) is 0 Å². The maximum absolute atomic E-state index is 10.4. The van der Waals surface area contributed by atoms with Crippen LogP contribution in [0.3, 0.4) is 0 Å². The van der Waals surface area contributed by atoms with Crippen LogP contribution in [0.25, 0.3) is 0 Å². The second-order valence-corrected chi connectivity index (χ2v) is 1.48. The van der Waals surface area contributed by atoms with Crippen LogP contribution in [-0.4, -0.2) is 25.7 Å². The molecule has 1 amide bonds. The average molecular weight is 145 g/mol. The third-order valence-electron chi connectivity index (χ3n) is 0.744. The number of amides is 1. The number of carbonyl (C=O) groups is 1. The number of carbonyl (C=O) groups excluding carboxylic acids is 1. The van der Waals surface area contributed by atoms with E-state index in [1.165, 1.54) is 7.11 Å². The SMILES string of the molecule is CCN=C(N)NC(=O)OC. The van der Waals surface area contributed by atoms with Gasteiger partial charge >= 0.3 is 6.09 Å². The monoisotopic (exact) mass is 145 g/mol. The van der Waals surface area contributed by atoms with Crippen molar-refractivity contribution in [3.05, 3.63) is 0 Å². The Labute approximate surface area is 59.3 Å². The van der Waals surface area contributed by atoms with Gasteiger partial charge in [0.25, 0.3) is 0 Å². The Morgan fingerprint density at radius 2 is 2.40 bits per heavy atom. The number of nitrogens with two attached hydrogens (primary N) is 1. The smallest absolute Gasteiger partial charge is 0.413 e. The van der Waals surface area contributed by atoms with Gasteiger partial charge < -0.3 is 10.5 Å². The number of nitrogens with one attached hydrogen (secondary N) is 1. The summed E-state index contributed by atoms with van der Waals surface area (Å²) in [5.41, 5.74) is 5.20. The summed E-state index contributed by atoms with van der Waals surface area (Å²) >= 11 is 0. The Bertz CT molecular complexity index is 144. The number of hydrogen-bond donors (Lipinski definition) is 2. The van der Waals surface area contributed by atoms with Gasteiger partial charge in [0.1, 0.15) is 0 Å². The quantitative estimate of drug-likeness (QED) is 0.392. The van der Waals surface area contributed by atoms with Gasteiger partial charge in [-0.25, -0.2) is 4.79 Å². The minimum absolute atomic E-state index is 0.0781. The highest BCUT2D eigenvalue weighted by atomic mass is 16.5. The molecule has 0 aliphatic rings. The normalized spacial score (nSPS) is 10.8. The van der Waals surface area contributed by atoms with Gasteiger partial charge in [-0.15, -0.1) is 0 Å². The zero-order valence-electron chi connectivity index (χ0n) is 6.05.